The highest BCUT2D eigenvalue weighted by atomic mass is 32.2. The van der Waals surface area contributed by atoms with Crippen molar-refractivity contribution in [2.75, 3.05) is 6.26 Å². The van der Waals surface area contributed by atoms with Crippen LogP contribution in [0.4, 0.5) is 4.39 Å². The lowest BCUT2D eigenvalue weighted by Crippen LogP contribution is -2.50. The molecular formula is C17H19FN2O6S. The molecule has 146 valence electrons. The van der Waals surface area contributed by atoms with E-state index in [-0.39, 0.29) is 24.3 Å². The number of rotatable bonds is 6. The molecular weight excluding hydrogens is 379 g/mol. The largest absolute Gasteiger partial charge is 0.508 e. The van der Waals surface area contributed by atoms with E-state index in [9.17, 15) is 27.5 Å². The van der Waals surface area contributed by atoms with Crippen LogP contribution in [0.15, 0.2) is 41.3 Å². The smallest absolute Gasteiger partial charge is 0.264 e. The Morgan fingerprint density at radius 2 is 1.89 bits per heavy atom. The number of sulfone groups is 1. The molecule has 2 rings (SSSR count). The Bertz CT molecular complexity index is 1020. The maximum absolute atomic E-state index is 14.4. The molecule has 0 radical (unpaired) electrons. The van der Waals surface area contributed by atoms with Crippen molar-refractivity contribution >= 4 is 15.7 Å². The summed E-state index contributed by atoms with van der Waals surface area (Å²) >= 11 is 0. The Balaban J connectivity index is 2.35. The molecule has 3 N–H and O–H groups in total. The Morgan fingerprint density at radius 1 is 1.30 bits per heavy atom. The first-order valence-electron chi connectivity index (χ1n) is 7.83. The molecule has 27 heavy (non-hydrogen) atoms. The van der Waals surface area contributed by atoms with Crippen LogP contribution in [0.1, 0.15) is 13.3 Å². The molecule has 1 atom stereocenters. The zero-order chi connectivity index (χ0) is 20.4. The molecule has 0 spiro atoms. The highest BCUT2D eigenvalue weighted by Crippen LogP contribution is 2.25. The summed E-state index contributed by atoms with van der Waals surface area (Å²) < 4.78 is 37.3. The number of benzene rings is 1. The molecule has 0 saturated heterocycles. The molecule has 8 nitrogen and oxygen atoms in total. The van der Waals surface area contributed by atoms with E-state index in [1.807, 2.05) is 0 Å². The van der Waals surface area contributed by atoms with Gasteiger partial charge in [0.2, 0.25) is 0 Å². The molecule has 0 aliphatic carbocycles. The standard InChI is InChI=1S/C17H19FN2O6S/c1-17(16(23)19-24,27(2,25)26)7-8-20-10-14(18)13(9-15(20)22)11-3-5-12(21)6-4-11/h3-6,9-10,21,24H,7-8H2,1-2H3,(H,19,23). The number of phenols is 1. The van der Waals surface area contributed by atoms with Crippen LogP contribution in [-0.4, -0.2) is 40.2 Å². The molecule has 1 unspecified atom stereocenters. The number of nitrogens with zero attached hydrogens (tertiary/aromatic N) is 1. The fraction of sp³-hybridized carbons (Fsp3) is 0.294. The second-order valence-electron chi connectivity index (χ2n) is 6.31. The molecule has 0 fully saturated rings. The first-order valence-corrected chi connectivity index (χ1v) is 9.72. The second kappa shape index (κ2) is 7.49. The summed E-state index contributed by atoms with van der Waals surface area (Å²) in [6.45, 7) is 0.850. The molecule has 10 heteroatoms. The summed E-state index contributed by atoms with van der Waals surface area (Å²) in [6, 6.07) is 6.65. The van der Waals surface area contributed by atoms with Crippen LogP contribution in [0.3, 0.4) is 0 Å². The molecule has 0 aliphatic heterocycles. The number of hydrogen-bond donors (Lipinski definition) is 3. The lowest BCUT2D eigenvalue weighted by molar-refractivity contribution is -0.131. The van der Waals surface area contributed by atoms with Gasteiger partial charge in [-0.05, 0) is 31.0 Å². The van der Waals surface area contributed by atoms with Crippen molar-refractivity contribution in [1.29, 1.82) is 0 Å². The lowest BCUT2D eigenvalue weighted by Gasteiger charge is -2.25. The van der Waals surface area contributed by atoms with Crippen LogP contribution in [0.2, 0.25) is 0 Å². The number of carbonyl (C=O) groups is 1. The summed E-state index contributed by atoms with van der Waals surface area (Å²) in [5, 5.41) is 18.1. The van der Waals surface area contributed by atoms with Crippen LogP contribution in [0, 0.1) is 5.82 Å². The van der Waals surface area contributed by atoms with Gasteiger partial charge in [-0.3, -0.25) is 14.8 Å². The number of phenolic OH excluding ortho intramolecular Hbond substituents is 1. The van der Waals surface area contributed by atoms with Gasteiger partial charge < -0.3 is 9.67 Å². The van der Waals surface area contributed by atoms with Gasteiger partial charge in [0.25, 0.3) is 11.5 Å². The van der Waals surface area contributed by atoms with Crippen molar-refractivity contribution in [2.45, 2.75) is 24.6 Å². The molecule has 1 amide bonds. The van der Waals surface area contributed by atoms with Crippen molar-refractivity contribution in [3.05, 3.63) is 52.7 Å². The summed E-state index contributed by atoms with van der Waals surface area (Å²) in [6.07, 6.45) is 1.40. The third-order valence-corrected chi connectivity index (χ3v) is 6.51. The van der Waals surface area contributed by atoms with Crippen molar-refractivity contribution in [1.82, 2.24) is 10.0 Å². The molecule has 0 aliphatic rings. The monoisotopic (exact) mass is 398 g/mol. The summed E-state index contributed by atoms with van der Waals surface area (Å²) in [5.41, 5.74) is 1.12. The van der Waals surface area contributed by atoms with E-state index in [0.29, 0.717) is 5.56 Å². The number of pyridine rings is 1. The van der Waals surface area contributed by atoms with Gasteiger partial charge in [-0.2, -0.15) is 0 Å². The second-order valence-corrected chi connectivity index (χ2v) is 8.75. The third-order valence-electron chi connectivity index (χ3n) is 4.49. The van der Waals surface area contributed by atoms with E-state index >= 15 is 0 Å². The number of halogens is 1. The average Bonchev–Trinajstić information content (AvgIpc) is 2.60. The maximum Gasteiger partial charge on any atom is 0.264 e. The Labute approximate surface area is 154 Å². The van der Waals surface area contributed by atoms with Crippen LogP contribution in [-0.2, 0) is 21.2 Å². The zero-order valence-corrected chi connectivity index (χ0v) is 15.5. The third kappa shape index (κ3) is 4.17. The van der Waals surface area contributed by atoms with Gasteiger partial charge in [0.1, 0.15) is 11.6 Å². The highest BCUT2D eigenvalue weighted by molar-refractivity contribution is 7.92. The number of carbonyl (C=O) groups excluding carboxylic acids is 1. The predicted octanol–water partition coefficient (Wildman–Crippen LogP) is 1.06. The zero-order valence-electron chi connectivity index (χ0n) is 14.6. The molecule has 1 aromatic heterocycles. The minimum Gasteiger partial charge on any atom is -0.508 e. The predicted molar refractivity (Wildman–Crippen MR) is 95.6 cm³/mol. The van der Waals surface area contributed by atoms with E-state index in [0.717, 1.165) is 30.0 Å². The van der Waals surface area contributed by atoms with E-state index in [1.165, 1.54) is 29.7 Å². The Hall–Kier alpha value is -2.72. The Morgan fingerprint density at radius 3 is 2.41 bits per heavy atom. The normalized spacial score (nSPS) is 13.8. The van der Waals surface area contributed by atoms with E-state index in [4.69, 9.17) is 5.21 Å². The fourth-order valence-electron chi connectivity index (χ4n) is 2.50. The van der Waals surface area contributed by atoms with E-state index in [2.05, 4.69) is 0 Å². The maximum atomic E-state index is 14.4. The summed E-state index contributed by atoms with van der Waals surface area (Å²) in [4.78, 5) is 24.1. The van der Waals surface area contributed by atoms with Crippen molar-refractivity contribution in [3.8, 4) is 16.9 Å². The molecule has 1 aromatic carbocycles. The van der Waals surface area contributed by atoms with Gasteiger partial charge >= 0.3 is 0 Å². The van der Waals surface area contributed by atoms with E-state index < -0.39 is 31.9 Å². The first-order chi connectivity index (χ1) is 12.5. The number of nitrogens with one attached hydrogen (secondary N) is 1. The van der Waals surface area contributed by atoms with Gasteiger partial charge in [-0.1, -0.05) is 12.1 Å². The quantitative estimate of drug-likeness (QED) is 0.493. The topological polar surface area (TPSA) is 126 Å². The number of hydroxylamine groups is 1. The van der Waals surface area contributed by atoms with Crippen LogP contribution in [0.25, 0.3) is 11.1 Å². The molecule has 0 saturated carbocycles. The van der Waals surface area contributed by atoms with Crippen LogP contribution in [0.5, 0.6) is 5.75 Å². The summed E-state index contributed by atoms with van der Waals surface area (Å²) in [5.74, 6) is -1.87. The van der Waals surface area contributed by atoms with Crippen LogP contribution >= 0.6 is 0 Å². The highest BCUT2D eigenvalue weighted by Gasteiger charge is 2.43. The van der Waals surface area contributed by atoms with Gasteiger partial charge in [-0.15, -0.1) is 0 Å². The van der Waals surface area contributed by atoms with Crippen molar-refractivity contribution < 1.29 is 27.9 Å². The fourth-order valence-corrected chi connectivity index (χ4v) is 3.35. The molecule has 2 aromatic rings. The minimum atomic E-state index is -3.93. The minimum absolute atomic E-state index is 0.00489. The number of aromatic hydroxyl groups is 1. The van der Waals surface area contributed by atoms with Gasteiger partial charge in [-0.25, -0.2) is 18.3 Å². The van der Waals surface area contributed by atoms with Gasteiger partial charge in [0.05, 0.1) is 0 Å². The van der Waals surface area contributed by atoms with E-state index in [1.54, 1.807) is 0 Å². The lowest BCUT2D eigenvalue weighted by atomic mass is 10.1. The van der Waals surface area contributed by atoms with Crippen LogP contribution < -0.4 is 11.0 Å². The Kier molecular flexibility index (Phi) is 5.71. The molecule has 0 bridgehead atoms. The van der Waals surface area contributed by atoms with Gasteiger partial charge in [0, 0.05) is 30.6 Å². The van der Waals surface area contributed by atoms with Gasteiger partial charge in [0.15, 0.2) is 14.6 Å². The first kappa shape index (κ1) is 20.6. The summed E-state index contributed by atoms with van der Waals surface area (Å²) in [7, 11) is -3.93. The number of aromatic nitrogens is 1. The van der Waals surface area contributed by atoms with Crippen molar-refractivity contribution in [2.24, 2.45) is 0 Å². The number of amides is 1. The number of hydrogen-bond acceptors (Lipinski definition) is 6. The molecule has 1 heterocycles. The van der Waals surface area contributed by atoms with Crippen molar-refractivity contribution in [3.63, 3.8) is 0 Å². The number of aryl methyl sites for hydroxylation is 1. The SMILES string of the molecule is CC(CCn1cc(F)c(-c2ccc(O)cc2)cc1=O)(C(=O)NO)S(C)(=O)=O. The average molecular weight is 398 g/mol.